The molecule has 76 valence electrons. The Morgan fingerprint density at radius 3 is 2.64 bits per heavy atom. The smallest absolute Gasteiger partial charge is 0.222 e. The predicted molar refractivity (Wildman–Crippen MR) is 50.9 cm³/mol. The van der Waals surface area contributed by atoms with Gasteiger partial charge in [0.1, 0.15) is 0 Å². The van der Waals surface area contributed by atoms with E-state index in [1.165, 1.54) is 0 Å². The van der Waals surface area contributed by atoms with Gasteiger partial charge in [0.25, 0.3) is 0 Å². The van der Waals surface area contributed by atoms with E-state index in [0.717, 1.165) is 0 Å². The van der Waals surface area contributed by atoms with Gasteiger partial charge in [0.2, 0.25) is 5.95 Å². The fourth-order valence-electron chi connectivity index (χ4n) is 1.30. The number of aromatic nitrogens is 2. The van der Waals surface area contributed by atoms with E-state index in [0.29, 0.717) is 25.7 Å². The number of anilines is 1. The molecule has 0 radical (unpaired) electrons. The molecule has 0 unspecified atom stereocenters. The zero-order valence-corrected chi connectivity index (χ0v) is 7.81. The lowest BCUT2D eigenvalue weighted by molar-refractivity contribution is -0.128. The van der Waals surface area contributed by atoms with Crippen LogP contribution in [-0.4, -0.2) is 41.4 Å². The maximum Gasteiger partial charge on any atom is 0.222 e. The van der Waals surface area contributed by atoms with E-state index in [1.807, 2.05) is 0 Å². The molecule has 0 spiro atoms. The summed E-state index contributed by atoms with van der Waals surface area (Å²) in [5, 5.41) is 12.2. The molecule has 5 heteroatoms. The Labute approximate surface area is 82.1 Å². The first-order chi connectivity index (χ1) is 6.85. The van der Waals surface area contributed by atoms with Crippen LogP contribution in [0.25, 0.3) is 0 Å². The Morgan fingerprint density at radius 1 is 1.43 bits per heavy atom. The SMILES string of the molecule is OCC1(CNc2ncccn2)COC1. The van der Waals surface area contributed by atoms with Gasteiger partial charge < -0.3 is 15.2 Å². The van der Waals surface area contributed by atoms with Gasteiger partial charge in [-0.2, -0.15) is 0 Å². The number of nitrogens with one attached hydrogen (secondary N) is 1. The van der Waals surface area contributed by atoms with Crippen LogP contribution in [0.2, 0.25) is 0 Å². The number of aliphatic hydroxyl groups excluding tert-OH is 1. The van der Waals surface area contributed by atoms with Gasteiger partial charge in [0, 0.05) is 18.9 Å². The van der Waals surface area contributed by atoms with Crippen molar-refractivity contribution in [1.82, 2.24) is 9.97 Å². The average molecular weight is 195 g/mol. The number of hydrogen-bond donors (Lipinski definition) is 2. The number of rotatable bonds is 4. The number of ether oxygens (including phenoxy) is 1. The summed E-state index contributed by atoms with van der Waals surface area (Å²) in [6.45, 7) is 1.98. The summed E-state index contributed by atoms with van der Waals surface area (Å²) >= 11 is 0. The first-order valence-electron chi connectivity index (χ1n) is 4.54. The first kappa shape index (κ1) is 9.36. The quantitative estimate of drug-likeness (QED) is 0.702. The molecular weight excluding hydrogens is 182 g/mol. The Balaban J connectivity index is 1.88. The fourth-order valence-corrected chi connectivity index (χ4v) is 1.30. The summed E-state index contributed by atoms with van der Waals surface area (Å²) in [6, 6.07) is 1.76. The van der Waals surface area contributed by atoms with Crippen LogP contribution >= 0.6 is 0 Å². The Kier molecular flexibility index (Phi) is 2.60. The minimum Gasteiger partial charge on any atom is -0.396 e. The van der Waals surface area contributed by atoms with Crippen LogP contribution in [0.1, 0.15) is 0 Å². The molecule has 2 N–H and O–H groups in total. The first-order valence-corrected chi connectivity index (χ1v) is 4.54. The summed E-state index contributed by atoms with van der Waals surface area (Å²) in [5.41, 5.74) is -0.140. The fraction of sp³-hybridized carbons (Fsp3) is 0.556. The van der Waals surface area contributed by atoms with E-state index in [-0.39, 0.29) is 12.0 Å². The molecule has 5 nitrogen and oxygen atoms in total. The van der Waals surface area contributed by atoms with Crippen molar-refractivity contribution in [3.8, 4) is 0 Å². The molecule has 0 saturated carbocycles. The molecule has 0 amide bonds. The van der Waals surface area contributed by atoms with Gasteiger partial charge in [-0.3, -0.25) is 0 Å². The molecule has 14 heavy (non-hydrogen) atoms. The Hall–Kier alpha value is -1.20. The molecule has 2 heterocycles. The molecule has 0 aliphatic carbocycles. The van der Waals surface area contributed by atoms with Crippen molar-refractivity contribution < 1.29 is 9.84 Å². The summed E-state index contributed by atoms with van der Waals surface area (Å²) in [5.74, 6) is 0.590. The van der Waals surface area contributed by atoms with E-state index >= 15 is 0 Å². The van der Waals surface area contributed by atoms with E-state index in [9.17, 15) is 0 Å². The highest BCUT2D eigenvalue weighted by Gasteiger charge is 2.37. The monoisotopic (exact) mass is 195 g/mol. The molecule has 1 aliphatic heterocycles. The van der Waals surface area contributed by atoms with Crippen molar-refractivity contribution in [3.05, 3.63) is 18.5 Å². The second-order valence-corrected chi connectivity index (χ2v) is 3.58. The van der Waals surface area contributed by atoms with Gasteiger partial charge in [-0.25, -0.2) is 9.97 Å². The van der Waals surface area contributed by atoms with Gasteiger partial charge in [0.05, 0.1) is 25.2 Å². The molecule has 1 saturated heterocycles. The van der Waals surface area contributed by atoms with Crippen LogP contribution in [0, 0.1) is 5.41 Å². The molecule has 0 atom stereocenters. The lowest BCUT2D eigenvalue weighted by Crippen LogP contribution is -2.50. The molecule has 1 aliphatic rings. The van der Waals surface area contributed by atoms with Gasteiger partial charge >= 0.3 is 0 Å². The minimum atomic E-state index is -0.140. The minimum absolute atomic E-state index is 0.132. The van der Waals surface area contributed by atoms with Gasteiger partial charge in [0.15, 0.2) is 0 Å². The van der Waals surface area contributed by atoms with E-state index in [1.54, 1.807) is 18.5 Å². The van der Waals surface area contributed by atoms with Crippen molar-refractivity contribution >= 4 is 5.95 Å². The predicted octanol–water partition coefficient (Wildman–Crippen LogP) is -0.103. The van der Waals surface area contributed by atoms with Crippen molar-refractivity contribution in [3.63, 3.8) is 0 Å². The standard InChI is InChI=1S/C9H13N3O2/c13-5-9(6-14-7-9)4-12-8-10-2-1-3-11-8/h1-3,13H,4-7H2,(H,10,11,12). The topological polar surface area (TPSA) is 67.3 Å². The normalized spacial score (nSPS) is 18.6. The van der Waals surface area contributed by atoms with Crippen LogP contribution in [-0.2, 0) is 4.74 Å². The Bertz CT molecular complexity index is 282. The van der Waals surface area contributed by atoms with E-state index in [2.05, 4.69) is 15.3 Å². The maximum absolute atomic E-state index is 9.15. The van der Waals surface area contributed by atoms with Crippen molar-refractivity contribution in [2.45, 2.75) is 0 Å². The molecule has 2 rings (SSSR count). The second-order valence-electron chi connectivity index (χ2n) is 3.58. The van der Waals surface area contributed by atoms with Crippen LogP contribution in [0.15, 0.2) is 18.5 Å². The largest absolute Gasteiger partial charge is 0.396 e. The Morgan fingerprint density at radius 2 is 2.14 bits per heavy atom. The lowest BCUT2D eigenvalue weighted by Gasteiger charge is -2.39. The van der Waals surface area contributed by atoms with Crippen molar-refractivity contribution in [1.29, 1.82) is 0 Å². The average Bonchev–Trinajstić information content (AvgIpc) is 2.19. The number of nitrogens with zero attached hydrogens (tertiary/aromatic N) is 2. The highest BCUT2D eigenvalue weighted by molar-refractivity contribution is 5.23. The van der Waals surface area contributed by atoms with Crippen LogP contribution in [0.3, 0.4) is 0 Å². The highest BCUT2D eigenvalue weighted by Crippen LogP contribution is 2.26. The van der Waals surface area contributed by atoms with Gasteiger partial charge in [-0.15, -0.1) is 0 Å². The lowest BCUT2D eigenvalue weighted by atomic mass is 9.87. The highest BCUT2D eigenvalue weighted by atomic mass is 16.5. The number of aliphatic hydroxyl groups is 1. The van der Waals surface area contributed by atoms with Crippen LogP contribution in [0.5, 0.6) is 0 Å². The third-order valence-corrected chi connectivity index (χ3v) is 2.34. The molecule has 0 aromatic carbocycles. The third-order valence-electron chi connectivity index (χ3n) is 2.34. The van der Waals surface area contributed by atoms with Crippen LogP contribution in [0.4, 0.5) is 5.95 Å². The van der Waals surface area contributed by atoms with E-state index in [4.69, 9.17) is 9.84 Å². The molecule has 1 aromatic heterocycles. The molecule has 0 bridgehead atoms. The van der Waals surface area contributed by atoms with Crippen LogP contribution < -0.4 is 5.32 Å². The van der Waals surface area contributed by atoms with Gasteiger partial charge in [-0.05, 0) is 6.07 Å². The van der Waals surface area contributed by atoms with E-state index < -0.39 is 0 Å². The summed E-state index contributed by atoms with van der Waals surface area (Å²) in [6.07, 6.45) is 3.36. The molecule has 1 fully saturated rings. The zero-order chi connectivity index (χ0) is 9.86. The molecule has 1 aromatic rings. The summed E-state index contributed by atoms with van der Waals surface area (Å²) < 4.78 is 5.08. The van der Waals surface area contributed by atoms with Gasteiger partial charge in [-0.1, -0.05) is 0 Å². The number of hydrogen-bond acceptors (Lipinski definition) is 5. The second kappa shape index (κ2) is 3.89. The summed E-state index contributed by atoms with van der Waals surface area (Å²) in [7, 11) is 0. The zero-order valence-electron chi connectivity index (χ0n) is 7.81. The third kappa shape index (κ3) is 1.83. The van der Waals surface area contributed by atoms with Crippen molar-refractivity contribution in [2.75, 3.05) is 31.7 Å². The maximum atomic E-state index is 9.15. The summed E-state index contributed by atoms with van der Waals surface area (Å²) in [4.78, 5) is 8.06. The van der Waals surface area contributed by atoms with Crippen molar-refractivity contribution in [2.24, 2.45) is 5.41 Å². The molecular formula is C9H13N3O2.